The standard InChI is InChI=1S/C21H30N6O2S/c1-6-16-15(21(28-5)26(4)25-16)11-22-19-18-13(2)14(3)30-20(18)24-17(23-19)12-27-7-9-29-10-8-27/h6-12H2,1-5H3,(H,22,23,24). The Balaban J connectivity index is 1.67. The molecule has 1 aliphatic rings. The Morgan fingerprint density at radius 3 is 2.67 bits per heavy atom. The number of morpholine rings is 1. The van der Waals surface area contributed by atoms with Crippen LogP contribution in [-0.4, -0.2) is 58.1 Å². The summed E-state index contributed by atoms with van der Waals surface area (Å²) in [6.45, 7) is 11.1. The van der Waals surface area contributed by atoms with Crippen LogP contribution in [0.5, 0.6) is 5.88 Å². The van der Waals surface area contributed by atoms with Gasteiger partial charge in [-0.2, -0.15) is 5.10 Å². The number of ether oxygens (including phenoxy) is 2. The minimum atomic E-state index is 0.609. The number of aryl methyl sites for hydroxylation is 4. The predicted octanol–water partition coefficient (Wildman–Crippen LogP) is 3.06. The normalized spacial score (nSPS) is 15.1. The Hall–Kier alpha value is -2.23. The largest absolute Gasteiger partial charge is 0.481 e. The molecule has 0 spiro atoms. The number of hydrogen-bond acceptors (Lipinski definition) is 8. The maximum absolute atomic E-state index is 5.60. The van der Waals surface area contributed by atoms with Gasteiger partial charge in [-0.25, -0.2) is 14.6 Å². The lowest BCUT2D eigenvalue weighted by atomic mass is 10.2. The number of methoxy groups -OCH3 is 1. The van der Waals surface area contributed by atoms with Crippen molar-refractivity contribution in [1.29, 1.82) is 0 Å². The van der Waals surface area contributed by atoms with E-state index < -0.39 is 0 Å². The highest BCUT2D eigenvalue weighted by Crippen LogP contribution is 2.34. The SMILES string of the molecule is CCc1nn(C)c(OC)c1CNc1nc(CN2CCOCC2)nc2sc(C)c(C)c12. The first-order valence-electron chi connectivity index (χ1n) is 10.4. The first-order chi connectivity index (χ1) is 14.5. The van der Waals surface area contributed by atoms with Gasteiger partial charge in [-0.1, -0.05) is 6.92 Å². The molecular weight excluding hydrogens is 400 g/mol. The van der Waals surface area contributed by atoms with Crippen molar-refractivity contribution >= 4 is 27.4 Å². The zero-order valence-electron chi connectivity index (χ0n) is 18.4. The molecule has 3 aromatic heterocycles. The molecule has 30 heavy (non-hydrogen) atoms. The van der Waals surface area contributed by atoms with E-state index in [0.717, 1.165) is 78.3 Å². The Kier molecular flexibility index (Phi) is 6.21. The Morgan fingerprint density at radius 2 is 1.97 bits per heavy atom. The lowest BCUT2D eigenvalue weighted by molar-refractivity contribution is 0.0331. The summed E-state index contributed by atoms with van der Waals surface area (Å²) in [5.74, 6) is 2.52. The van der Waals surface area contributed by atoms with Gasteiger partial charge in [-0.3, -0.25) is 4.90 Å². The Bertz CT molecular complexity index is 1040. The van der Waals surface area contributed by atoms with E-state index in [9.17, 15) is 0 Å². The maximum Gasteiger partial charge on any atom is 0.216 e. The van der Waals surface area contributed by atoms with Gasteiger partial charge in [0.25, 0.3) is 0 Å². The average Bonchev–Trinajstić information content (AvgIpc) is 3.21. The van der Waals surface area contributed by atoms with E-state index in [-0.39, 0.29) is 0 Å². The number of aromatic nitrogens is 4. The fraction of sp³-hybridized carbons (Fsp3) is 0.571. The highest BCUT2D eigenvalue weighted by atomic mass is 32.1. The molecule has 9 heteroatoms. The molecule has 1 fully saturated rings. The minimum Gasteiger partial charge on any atom is -0.481 e. The predicted molar refractivity (Wildman–Crippen MR) is 119 cm³/mol. The number of thiophene rings is 1. The molecule has 162 valence electrons. The molecule has 0 aromatic carbocycles. The molecule has 0 unspecified atom stereocenters. The van der Waals surface area contributed by atoms with Gasteiger partial charge in [0.2, 0.25) is 5.88 Å². The Labute approximate surface area is 181 Å². The van der Waals surface area contributed by atoms with Gasteiger partial charge in [-0.15, -0.1) is 11.3 Å². The van der Waals surface area contributed by atoms with Crippen LogP contribution in [0.3, 0.4) is 0 Å². The Morgan fingerprint density at radius 1 is 1.20 bits per heavy atom. The first-order valence-corrected chi connectivity index (χ1v) is 11.2. The third-order valence-corrected chi connectivity index (χ3v) is 6.78. The van der Waals surface area contributed by atoms with Crippen LogP contribution in [0.2, 0.25) is 0 Å². The molecule has 3 aromatic rings. The number of nitrogens with one attached hydrogen (secondary N) is 1. The van der Waals surface area contributed by atoms with Crippen LogP contribution < -0.4 is 10.1 Å². The van der Waals surface area contributed by atoms with Crippen molar-refractivity contribution in [2.75, 3.05) is 38.7 Å². The zero-order valence-corrected chi connectivity index (χ0v) is 19.2. The van der Waals surface area contributed by atoms with Crippen LogP contribution >= 0.6 is 11.3 Å². The monoisotopic (exact) mass is 430 g/mol. The van der Waals surface area contributed by atoms with Crippen molar-refractivity contribution in [2.24, 2.45) is 7.05 Å². The summed E-state index contributed by atoms with van der Waals surface area (Å²) in [7, 11) is 3.60. The van der Waals surface area contributed by atoms with Gasteiger partial charge in [0.15, 0.2) is 0 Å². The summed E-state index contributed by atoms with van der Waals surface area (Å²) in [5, 5.41) is 9.29. The number of fused-ring (bicyclic) bond motifs is 1. The van der Waals surface area contributed by atoms with Gasteiger partial charge >= 0.3 is 0 Å². The number of rotatable bonds is 7. The molecule has 4 rings (SSSR count). The second kappa shape index (κ2) is 8.87. The lowest BCUT2D eigenvalue weighted by Gasteiger charge is -2.25. The van der Waals surface area contributed by atoms with Crippen molar-refractivity contribution in [2.45, 2.75) is 40.3 Å². The van der Waals surface area contributed by atoms with E-state index >= 15 is 0 Å². The van der Waals surface area contributed by atoms with Crippen LogP contribution in [0.4, 0.5) is 5.82 Å². The molecule has 4 heterocycles. The highest BCUT2D eigenvalue weighted by Gasteiger charge is 2.20. The third kappa shape index (κ3) is 4.01. The van der Waals surface area contributed by atoms with E-state index in [1.807, 2.05) is 7.05 Å². The van der Waals surface area contributed by atoms with Crippen LogP contribution in [0.15, 0.2) is 0 Å². The quantitative estimate of drug-likeness (QED) is 0.617. The summed E-state index contributed by atoms with van der Waals surface area (Å²) in [6, 6.07) is 0. The van der Waals surface area contributed by atoms with Gasteiger partial charge in [0.1, 0.15) is 16.5 Å². The molecule has 0 radical (unpaired) electrons. The number of hydrogen-bond donors (Lipinski definition) is 1. The lowest BCUT2D eigenvalue weighted by Crippen LogP contribution is -2.36. The highest BCUT2D eigenvalue weighted by molar-refractivity contribution is 7.18. The fourth-order valence-corrected chi connectivity index (χ4v) is 4.99. The minimum absolute atomic E-state index is 0.609. The molecule has 1 N–H and O–H groups in total. The molecule has 1 saturated heterocycles. The van der Waals surface area contributed by atoms with Crippen LogP contribution in [0.25, 0.3) is 10.2 Å². The van der Waals surface area contributed by atoms with E-state index in [0.29, 0.717) is 6.54 Å². The van der Waals surface area contributed by atoms with E-state index in [2.05, 4.69) is 36.1 Å². The number of anilines is 1. The first kappa shape index (κ1) is 21.0. The second-order valence-corrected chi connectivity index (χ2v) is 8.81. The molecular formula is C21H30N6O2S. The van der Waals surface area contributed by atoms with Crippen molar-refractivity contribution in [3.05, 3.63) is 27.5 Å². The van der Waals surface area contributed by atoms with Crippen molar-refractivity contribution in [3.63, 3.8) is 0 Å². The summed E-state index contributed by atoms with van der Waals surface area (Å²) in [4.78, 5) is 14.5. The molecule has 0 amide bonds. The summed E-state index contributed by atoms with van der Waals surface area (Å²) in [6.07, 6.45) is 0.853. The van der Waals surface area contributed by atoms with Crippen LogP contribution in [-0.2, 0) is 31.3 Å². The van der Waals surface area contributed by atoms with Crippen LogP contribution in [0, 0.1) is 13.8 Å². The smallest absolute Gasteiger partial charge is 0.216 e. The van der Waals surface area contributed by atoms with Gasteiger partial charge in [0.05, 0.1) is 43.5 Å². The molecule has 1 aliphatic heterocycles. The van der Waals surface area contributed by atoms with E-state index in [1.54, 1.807) is 23.1 Å². The molecule has 0 aliphatic carbocycles. The molecule has 8 nitrogen and oxygen atoms in total. The maximum atomic E-state index is 5.60. The molecule has 0 bridgehead atoms. The summed E-state index contributed by atoms with van der Waals surface area (Å²) >= 11 is 1.73. The molecule has 0 saturated carbocycles. The van der Waals surface area contributed by atoms with Gasteiger partial charge < -0.3 is 14.8 Å². The third-order valence-electron chi connectivity index (χ3n) is 5.68. The number of nitrogens with zero attached hydrogens (tertiary/aromatic N) is 5. The second-order valence-electron chi connectivity index (χ2n) is 7.61. The topological polar surface area (TPSA) is 77.3 Å². The molecule has 0 atom stereocenters. The van der Waals surface area contributed by atoms with Crippen molar-refractivity contribution in [3.8, 4) is 5.88 Å². The summed E-state index contributed by atoms with van der Waals surface area (Å²) in [5.41, 5.74) is 3.36. The van der Waals surface area contributed by atoms with E-state index in [4.69, 9.17) is 19.4 Å². The zero-order chi connectivity index (χ0) is 21.3. The van der Waals surface area contributed by atoms with Crippen molar-refractivity contribution in [1.82, 2.24) is 24.6 Å². The van der Waals surface area contributed by atoms with Crippen LogP contribution in [0.1, 0.15) is 34.4 Å². The fourth-order valence-electron chi connectivity index (χ4n) is 3.95. The average molecular weight is 431 g/mol. The van der Waals surface area contributed by atoms with Gasteiger partial charge in [0, 0.05) is 31.6 Å². The van der Waals surface area contributed by atoms with Crippen molar-refractivity contribution < 1.29 is 9.47 Å². The van der Waals surface area contributed by atoms with Gasteiger partial charge in [-0.05, 0) is 25.8 Å². The summed E-state index contributed by atoms with van der Waals surface area (Å²) < 4.78 is 12.9. The van der Waals surface area contributed by atoms with E-state index in [1.165, 1.54) is 10.4 Å².